The molecule has 3 rings (SSSR count). The first-order valence-corrected chi connectivity index (χ1v) is 13.4. The fourth-order valence-corrected chi connectivity index (χ4v) is 5.02. The maximum absolute atomic E-state index is 13.0. The van der Waals surface area contributed by atoms with Crippen LogP contribution in [0.15, 0.2) is 30.5 Å². The summed E-state index contributed by atoms with van der Waals surface area (Å²) >= 11 is 0. The summed E-state index contributed by atoms with van der Waals surface area (Å²) in [4.78, 5) is 18.0. The number of carbonyl (C=O) groups excluding carboxylic acids is 1. The highest BCUT2D eigenvalue weighted by molar-refractivity contribution is 5.83. The van der Waals surface area contributed by atoms with Crippen LogP contribution >= 0.6 is 0 Å². The van der Waals surface area contributed by atoms with Crippen LogP contribution in [0.2, 0.25) is 0 Å². The first-order valence-electron chi connectivity index (χ1n) is 14.4. The van der Waals surface area contributed by atoms with E-state index < -0.39 is 6.37 Å². The van der Waals surface area contributed by atoms with Crippen molar-refractivity contribution in [2.45, 2.75) is 122 Å². The van der Waals surface area contributed by atoms with Crippen LogP contribution in [0.4, 0.5) is 0 Å². The molecule has 2 aromatic rings. The lowest BCUT2D eigenvalue weighted by Crippen LogP contribution is -2.36. The number of likely N-dealkylation sites (tertiary alicyclic amines) is 1. The molecule has 1 saturated heterocycles. The molecule has 0 bridgehead atoms. The largest absolute Gasteiger partial charge is 0.361 e. The molecule has 0 aliphatic carbocycles. The molecule has 0 spiro atoms. The first kappa shape index (κ1) is 22.0. The average Bonchev–Trinajstić information content (AvgIpc) is 3.50. The third-order valence-corrected chi connectivity index (χ3v) is 6.98. The van der Waals surface area contributed by atoms with Gasteiger partial charge in [0.2, 0.25) is 5.91 Å². The Bertz CT molecular complexity index is 863. The summed E-state index contributed by atoms with van der Waals surface area (Å²) in [6.07, 6.45) is 19.3. The number of hydrogen-bond acceptors (Lipinski definition) is 1. The van der Waals surface area contributed by atoms with Crippen LogP contribution in [0, 0.1) is 0 Å². The molecule has 1 aliphatic rings. The van der Waals surface area contributed by atoms with Gasteiger partial charge in [-0.15, -0.1) is 0 Å². The molecule has 1 aromatic heterocycles. The van der Waals surface area contributed by atoms with E-state index >= 15 is 0 Å². The quantitative estimate of drug-likeness (QED) is 0.262. The van der Waals surface area contributed by atoms with Crippen LogP contribution in [0.1, 0.15) is 118 Å². The molecule has 1 aromatic carbocycles. The molecule has 3 heteroatoms. The summed E-state index contributed by atoms with van der Waals surface area (Å²) in [5, 5.41) is 0.920. The number of para-hydroxylation sites is 1. The van der Waals surface area contributed by atoms with Crippen LogP contribution < -0.4 is 0 Å². The fourth-order valence-electron chi connectivity index (χ4n) is 5.02. The highest BCUT2D eigenvalue weighted by atomic mass is 16.2. The number of rotatable bonds is 16. The van der Waals surface area contributed by atoms with Gasteiger partial charge >= 0.3 is 0 Å². The van der Waals surface area contributed by atoms with Gasteiger partial charge in [-0.2, -0.15) is 0 Å². The number of carbonyl (C=O) groups is 1. The number of hydrogen-bond donors (Lipinski definition) is 1. The molecule has 0 unspecified atom stereocenters. The third-order valence-electron chi connectivity index (χ3n) is 6.98. The monoisotopic (exact) mass is 440 g/mol. The van der Waals surface area contributed by atoms with E-state index in [1.165, 1.54) is 70.6 Å². The molecule has 1 fully saturated rings. The number of unbranched alkanes of at least 4 members (excludes halogenated alkanes) is 12. The van der Waals surface area contributed by atoms with Crippen LogP contribution in [-0.4, -0.2) is 28.4 Å². The van der Waals surface area contributed by atoms with E-state index in [4.69, 9.17) is 2.74 Å². The first-order chi connectivity index (χ1) is 16.6. The molecule has 1 amide bonds. The van der Waals surface area contributed by atoms with Crippen LogP contribution in [0.5, 0.6) is 0 Å². The van der Waals surface area contributed by atoms with Crippen molar-refractivity contribution in [3.8, 4) is 0 Å². The van der Waals surface area contributed by atoms with Gasteiger partial charge < -0.3 is 9.88 Å². The van der Waals surface area contributed by atoms with Gasteiger partial charge in [0, 0.05) is 38.8 Å². The van der Waals surface area contributed by atoms with Gasteiger partial charge in [-0.1, -0.05) is 102 Å². The van der Waals surface area contributed by atoms with E-state index in [0.29, 0.717) is 18.5 Å². The molecular formula is C29H46N2O. The highest BCUT2D eigenvalue weighted by Gasteiger charge is 2.28. The Morgan fingerprint density at radius 3 is 2.28 bits per heavy atom. The Morgan fingerprint density at radius 1 is 0.969 bits per heavy atom. The van der Waals surface area contributed by atoms with Gasteiger partial charge in [0.15, 0.2) is 0 Å². The molecular weight excluding hydrogens is 392 g/mol. The Morgan fingerprint density at radius 2 is 1.59 bits per heavy atom. The highest BCUT2D eigenvalue weighted by Crippen LogP contribution is 2.26. The van der Waals surface area contributed by atoms with Gasteiger partial charge in [-0.3, -0.25) is 4.79 Å². The van der Waals surface area contributed by atoms with Gasteiger partial charge in [-0.25, -0.2) is 0 Å². The molecule has 32 heavy (non-hydrogen) atoms. The van der Waals surface area contributed by atoms with Crippen molar-refractivity contribution in [1.82, 2.24) is 9.88 Å². The topological polar surface area (TPSA) is 36.1 Å². The molecule has 0 radical (unpaired) electrons. The Hall–Kier alpha value is -1.77. The molecule has 1 aliphatic heterocycles. The summed E-state index contributed by atoms with van der Waals surface area (Å²) < 4.78 is 17.8. The van der Waals surface area contributed by atoms with Crippen molar-refractivity contribution in [3.05, 3.63) is 36.0 Å². The predicted octanol–water partition coefficient (Wildman–Crippen LogP) is 8.18. The molecule has 1 N–H and O–H groups in total. The predicted molar refractivity (Wildman–Crippen MR) is 137 cm³/mol. The van der Waals surface area contributed by atoms with Gasteiger partial charge in [0.1, 0.15) is 0 Å². The lowest BCUT2D eigenvalue weighted by Gasteiger charge is -2.25. The zero-order valence-corrected chi connectivity index (χ0v) is 20.3. The van der Waals surface area contributed by atoms with E-state index in [2.05, 4.69) is 11.9 Å². The number of H-pyrrole nitrogens is 1. The molecule has 178 valence electrons. The maximum atomic E-state index is 13.0. The maximum Gasteiger partial charge on any atom is 0.222 e. The van der Waals surface area contributed by atoms with E-state index in [-0.39, 0.29) is 11.9 Å². The standard InChI is InChI=1S/C29H46N2O/c1-2-3-4-5-6-7-8-9-10-11-12-13-14-21-29(32)31-22-17-18-26(31)23-25-24-30-28-20-16-15-19-27(25)28/h15-16,19-20,24,26,30H,2-14,17-18,21-23H2,1H3/t26-/m1/s1/i23D2. The SMILES string of the molecule is [2H]C([2H])(c1c[nH]c2ccccc12)[C@H]1CCCN1C(=O)CCCCCCCCCCCCCCC. The van der Waals surface area contributed by atoms with E-state index in [1.807, 2.05) is 29.2 Å². The minimum atomic E-state index is -1.55. The van der Waals surface area contributed by atoms with Crippen molar-refractivity contribution in [2.24, 2.45) is 0 Å². The van der Waals surface area contributed by atoms with E-state index in [9.17, 15) is 4.79 Å². The fraction of sp³-hybridized carbons (Fsp3) is 0.690. The minimum absolute atomic E-state index is 0.134. The van der Waals surface area contributed by atoms with E-state index in [0.717, 1.165) is 36.6 Å². The Labute approximate surface area is 199 Å². The lowest BCUT2D eigenvalue weighted by atomic mass is 10.0. The second kappa shape index (κ2) is 14.4. The van der Waals surface area contributed by atoms with Crippen molar-refractivity contribution >= 4 is 16.8 Å². The zero-order valence-electron chi connectivity index (χ0n) is 22.3. The average molecular weight is 441 g/mol. The van der Waals surface area contributed by atoms with Crippen molar-refractivity contribution < 1.29 is 7.54 Å². The minimum Gasteiger partial charge on any atom is -0.361 e. The number of nitrogens with zero attached hydrogens (tertiary/aromatic N) is 1. The van der Waals surface area contributed by atoms with Crippen molar-refractivity contribution in [2.75, 3.05) is 6.54 Å². The molecule has 2 heterocycles. The molecule has 1 atom stereocenters. The number of nitrogens with one attached hydrogen (secondary N) is 1. The summed E-state index contributed by atoms with van der Waals surface area (Å²) in [6, 6.07) is 7.47. The summed E-state index contributed by atoms with van der Waals surface area (Å²) in [7, 11) is 0. The Kier molecular flexibility index (Phi) is 9.91. The Balaban J connectivity index is 1.33. The molecule has 3 nitrogen and oxygen atoms in total. The summed E-state index contributed by atoms with van der Waals surface area (Å²) in [5.41, 5.74) is 1.62. The molecule has 0 saturated carbocycles. The normalized spacial score (nSPS) is 17.7. The summed E-state index contributed by atoms with van der Waals surface area (Å²) in [6.45, 7) is 2.95. The number of fused-ring (bicyclic) bond motifs is 1. The second-order valence-corrected chi connectivity index (χ2v) is 9.63. The third kappa shape index (κ3) is 7.98. The number of benzene rings is 1. The number of aromatic nitrogens is 1. The van der Waals surface area contributed by atoms with Gasteiger partial charge in [-0.05, 0) is 37.3 Å². The zero-order chi connectivity index (χ0) is 24.2. The lowest BCUT2D eigenvalue weighted by molar-refractivity contribution is -0.132. The van der Waals surface area contributed by atoms with Crippen molar-refractivity contribution in [1.29, 1.82) is 0 Å². The number of aromatic amines is 1. The van der Waals surface area contributed by atoms with Crippen LogP contribution in [0.25, 0.3) is 10.9 Å². The number of amides is 1. The van der Waals surface area contributed by atoms with Gasteiger partial charge in [0.25, 0.3) is 0 Å². The second-order valence-electron chi connectivity index (χ2n) is 9.63. The van der Waals surface area contributed by atoms with Crippen LogP contribution in [0.3, 0.4) is 0 Å². The van der Waals surface area contributed by atoms with E-state index in [1.54, 1.807) is 6.20 Å². The van der Waals surface area contributed by atoms with Gasteiger partial charge in [0.05, 0.1) is 0 Å². The van der Waals surface area contributed by atoms with Crippen LogP contribution in [-0.2, 0) is 11.2 Å². The summed E-state index contributed by atoms with van der Waals surface area (Å²) in [5.74, 6) is 0.134. The smallest absolute Gasteiger partial charge is 0.222 e. The van der Waals surface area contributed by atoms with Crippen molar-refractivity contribution in [3.63, 3.8) is 0 Å².